The van der Waals surface area contributed by atoms with Crippen LogP contribution in [-0.4, -0.2) is 11.7 Å². The zero-order valence-corrected chi connectivity index (χ0v) is 18.5. The van der Waals surface area contributed by atoms with Gasteiger partial charge in [0.1, 0.15) is 5.75 Å². The summed E-state index contributed by atoms with van der Waals surface area (Å²) in [5.41, 5.74) is 3.72. The summed E-state index contributed by atoms with van der Waals surface area (Å²) in [5, 5.41) is 17.0. The molecule has 24 heavy (non-hydrogen) atoms. The molecule has 2 unspecified atom stereocenters. The van der Waals surface area contributed by atoms with Gasteiger partial charge in [-0.1, -0.05) is 57.8 Å². The molecule has 2 aromatic carbocycles. The monoisotopic (exact) mass is 418 g/mol. The van der Waals surface area contributed by atoms with Gasteiger partial charge in [0.15, 0.2) is 0 Å². The van der Waals surface area contributed by atoms with Crippen LogP contribution in [-0.2, 0) is 17.0 Å². The summed E-state index contributed by atoms with van der Waals surface area (Å²) in [5.74, 6) is 0.383. The molecule has 0 heterocycles. The maximum atomic E-state index is 10.1. The van der Waals surface area contributed by atoms with Gasteiger partial charge in [-0.15, -0.1) is 6.04 Å². The van der Waals surface area contributed by atoms with Crippen molar-refractivity contribution >= 4 is 37.8 Å². The van der Waals surface area contributed by atoms with Crippen LogP contribution < -0.4 is 10.6 Å². The molecule has 0 amide bonds. The molecular formula is C18H23Cl2NOPTi-. The maximum absolute atomic E-state index is 10.1. The molecule has 0 aliphatic heterocycles. The molecule has 2 nitrogen and oxygen atoms in total. The molecule has 0 aliphatic rings. The number of rotatable bonds is 5. The Kier molecular flexibility index (Phi) is 10.5. The number of aromatic hydroxyl groups is 1. The molecule has 0 spiro atoms. The number of benzene rings is 2. The van der Waals surface area contributed by atoms with E-state index in [-0.39, 0.29) is 6.04 Å². The van der Waals surface area contributed by atoms with E-state index in [2.05, 4.69) is 57.3 Å². The van der Waals surface area contributed by atoms with Crippen molar-refractivity contribution in [3.05, 3.63) is 58.4 Å². The Hall–Kier alpha value is -0.0757. The number of aryl methyl sites for hydroxylation is 2. The Morgan fingerprint density at radius 3 is 2.50 bits per heavy atom. The SMILES string of the molecule is CC[N-]C(C)c1cccc(C)c1Pc1cc(C)ccc1O.[Cl][Ti][Cl]. The average Bonchev–Trinajstić information content (AvgIpc) is 2.53. The molecule has 0 bridgehead atoms. The van der Waals surface area contributed by atoms with Crippen molar-refractivity contribution in [1.29, 1.82) is 0 Å². The van der Waals surface area contributed by atoms with Gasteiger partial charge < -0.3 is 10.4 Å². The zero-order chi connectivity index (χ0) is 18.1. The van der Waals surface area contributed by atoms with Crippen LogP contribution in [0.5, 0.6) is 5.75 Å². The van der Waals surface area contributed by atoms with Gasteiger partial charge in [0.2, 0.25) is 0 Å². The molecule has 0 radical (unpaired) electrons. The van der Waals surface area contributed by atoms with Crippen molar-refractivity contribution < 1.29 is 22.1 Å². The van der Waals surface area contributed by atoms with Crippen LogP contribution >= 0.6 is 27.2 Å². The fourth-order valence-electron chi connectivity index (χ4n) is 2.47. The Labute approximate surface area is 163 Å². The van der Waals surface area contributed by atoms with Gasteiger partial charge in [0.25, 0.3) is 0 Å². The molecule has 6 heteroatoms. The van der Waals surface area contributed by atoms with Crippen molar-refractivity contribution in [3.8, 4) is 5.75 Å². The van der Waals surface area contributed by atoms with Crippen LogP contribution in [0, 0.1) is 13.8 Å². The predicted octanol–water partition coefficient (Wildman–Crippen LogP) is 5.47. The first-order valence-electron chi connectivity index (χ1n) is 7.73. The van der Waals surface area contributed by atoms with E-state index < -0.39 is 17.0 Å². The zero-order valence-electron chi connectivity index (χ0n) is 14.4. The van der Waals surface area contributed by atoms with E-state index in [1.54, 1.807) is 6.07 Å². The van der Waals surface area contributed by atoms with E-state index in [0.717, 1.165) is 11.8 Å². The summed E-state index contributed by atoms with van der Waals surface area (Å²) in [4.78, 5) is 0. The predicted molar refractivity (Wildman–Crippen MR) is 106 cm³/mol. The Bertz CT molecular complexity index is 655. The molecule has 0 saturated heterocycles. The number of phenols is 1. The molecule has 2 rings (SSSR count). The number of nitrogens with zero attached hydrogens (tertiary/aromatic N) is 1. The van der Waals surface area contributed by atoms with Gasteiger partial charge in [-0.05, 0) is 36.8 Å². The van der Waals surface area contributed by atoms with Crippen LogP contribution in [0.25, 0.3) is 5.32 Å². The molecule has 2 aromatic rings. The van der Waals surface area contributed by atoms with E-state index in [9.17, 15) is 5.11 Å². The fraction of sp³-hybridized carbons (Fsp3) is 0.333. The van der Waals surface area contributed by atoms with Gasteiger partial charge in [0, 0.05) is 5.30 Å². The molecule has 0 saturated carbocycles. The summed E-state index contributed by atoms with van der Waals surface area (Å²) in [7, 11) is 10.2. The van der Waals surface area contributed by atoms with Crippen molar-refractivity contribution in [1.82, 2.24) is 0 Å². The summed E-state index contributed by atoms with van der Waals surface area (Å²) < 4.78 is 0. The van der Waals surface area contributed by atoms with E-state index in [1.807, 2.05) is 6.07 Å². The molecule has 1 N–H and O–H groups in total. The Balaban J connectivity index is 0.000000891. The van der Waals surface area contributed by atoms with Gasteiger partial charge in [-0.3, -0.25) is 0 Å². The van der Waals surface area contributed by atoms with Crippen molar-refractivity contribution in [2.75, 3.05) is 6.54 Å². The third-order valence-electron chi connectivity index (χ3n) is 3.62. The molecule has 0 aromatic heterocycles. The van der Waals surface area contributed by atoms with Crippen molar-refractivity contribution in [2.24, 2.45) is 0 Å². The minimum absolute atomic E-state index is 0.198. The average molecular weight is 419 g/mol. The van der Waals surface area contributed by atoms with Crippen LogP contribution in [0.2, 0.25) is 0 Å². The molecule has 130 valence electrons. The topological polar surface area (TPSA) is 34.3 Å². The normalized spacial score (nSPS) is 11.9. The summed E-state index contributed by atoms with van der Waals surface area (Å²) in [6, 6.07) is 12.4. The fourth-order valence-corrected chi connectivity index (χ4v) is 3.96. The second kappa shape index (κ2) is 11.5. The van der Waals surface area contributed by atoms with E-state index in [4.69, 9.17) is 18.6 Å². The van der Waals surface area contributed by atoms with Crippen LogP contribution in [0.15, 0.2) is 36.4 Å². The standard InChI is InChI=1S/C18H23NOP.2ClH.Ti/c1-5-19-14(4)15-8-6-7-13(3)18(15)21-17-11-12(2)9-10-16(17)20;;;/h6-11,14,20-21H,5H2,1-4H3;2*1H;/q-1;;;+2/p-2. The van der Waals surface area contributed by atoms with Crippen LogP contribution in [0.4, 0.5) is 0 Å². The van der Waals surface area contributed by atoms with Gasteiger partial charge in [0.05, 0.1) is 0 Å². The third-order valence-corrected chi connectivity index (χ3v) is 5.23. The first-order chi connectivity index (χ1) is 11.4. The second-order valence-electron chi connectivity index (χ2n) is 5.43. The van der Waals surface area contributed by atoms with Crippen molar-refractivity contribution in [2.45, 2.75) is 33.7 Å². The summed E-state index contributed by atoms with van der Waals surface area (Å²) in [6.45, 7) is 9.23. The Morgan fingerprint density at radius 1 is 1.21 bits per heavy atom. The van der Waals surface area contributed by atoms with Crippen molar-refractivity contribution in [3.63, 3.8) is 0 Å². The quantitative estimate of drug-likeness (QED) is 0.507. The molecule has 0 fully saturated rings. The number of hydrogen-bond donors (Lipinski definition) is 1. The van der Waals surface area contributed by atoms with Gasteiger partial charge in [-0.25, -0.2) is 0 Å². The number of halogens is 2. The number of hydrogen-bond acceptors (Lipinski definition) is 1. The van der Waals surface area contributed by atoms with Crippen LogP contribution in [0.3, 0.4) is 0 Å². The number of phenolic OH excluding ortho intramolecular Hbond substituents is 1. The van der Waals surface area contributed by atoms with E-state index in [1.165, 1.54) is 22.0 Å². The Morgan fingerprint density at radius 2 is 1.88 bits per heavy atom. The third kappa shape index (κ3) is 6.67. The van der Waals surface area contributed by atoms with E-state index in [0.29, 0.717) is 14.3 Å². The van der Waals surface area contributed by atoms with Crippen LogP contribution in [0.1, 0.15) is 36.6 Å². The van der Waals surface area contributed by atoms with Gasteiger partial charge in [-0.2, -0.15) is 6.54 Å². The molecular weight excluding hydrogens is 396 g/mol. The second-order valence-corrected chi connectivity index (χ2v) is 9.30. The summed E-state index contributed by atoms with van der Waals surface area (Å²) >= 11 is -0.556. The first-order valence-corrected chi connectivity index (χ1v) is 13.0. The minimum atomic E-state index is -0.556. The van der Waals surface area contributed by atoms with E-state index >= 15 is 0 Å². The summed E-state index contributed by atoms with van der Waals surface area (Å²) in [6.07, 6.45) is 0. The van der Waals surface area contributed by atoms with Gasteiger partial charge >= 0.3 is 35.6 Å². The molecule has 0 aliphatic carbocycles. The molecule has 2 atom stereocenters. The first kappa shape index (κ1) is 22.0.